The summed E-state index contributed by atoms with van der Waals surface area (Å²) < 4.78 is 21.3. The molecule has 4 nitrogen and oxygen atoms in total. The highest BCUT2D eigenvalue weighted by Gasteiger charge is 2.14. The fourth-order valence-electron chi connectivity index (χ4n) is 1.50. The van der Waals surface area contributed by atoms with Crippen molar-refractivity contribution in [3.63, 3.8) is 0 Å². The highest BCUT2D eigenvalue weighted by molar-refractivity contribution is 7.89. The Hall–Kier alpha value is -0.130. The molecule has 0 aromatic heterocycles. The number of hydrogen-bond acceptors (Lipinski definition) is 3. The van der Waals surface area contributed by atoms with Gasteiger partial charge in [-0.3, -0.25) is 0 Å². The second-order valence-corrected chi connectivity index (χ2v) is 5.10. The first-order valence-corrected chi connectivity index (χ1v) is 6.00. The molecule has 1 rings (SSSR count). The fraction of sp³-hybridized carbons (Fsp3) is 1.00. The Labute approximate surface area is 73.6 Å². The Bertz CT molecular complexity index is 220. The topological polar surface area (TPSA) is 72.2 Å². The fourth-order valence-corrected chi connectivity index (χ4v) is 2.16. The van der Waals surface area contributed by atoms with Crippen LogP contribution in [0.1, 0.15) is 19.3 Å². The molecule has 0 spiro atoms. The minimum Gasteiger partial charge on any atom is -0.316 e. The first kappa shape index (κ1) is 9.95. The summed E-state index contributed by atoms with van der Waals surface area (Å²) in [5.41, 5.74) is 0. The minimum atomic E-state index is -3.25. The van der Waals surface area contributed by atoms with Gasteiger partial charge in [0, 0.05) is 0 Å². The summed E-state index contributed by atoms with van der Waals surface area (Å²) in [5, 5.41) is 8.14. The molecule has 5 heteroatoms. The zero-order valence-corrected chi connectivity index (χ0v) is 7.94. The van der Waals surface area contributed by atoms with Gasteiger partial charge in [0.2, 0.25) is 10.0 Å². The van der Waals surface area contributed by atoms with Crippen LogP contribution in [0.4, 0.5) is 0 Å². The maximum Gasteiger partial charge on any atom is 0.209 e. The predicted octanol–water partition coefficient (Wildman–Crippen LogP) is -0.335. The van der Waals surface area contributed by atoms with Crippen molar-refractivity contribution in [2.45, 2.75) is 19.3 Å². The van der Waals surface area contributed by atoms with Gasteiger partial charge in [0.05, 0.1) is 5.75 Å². The molecule has 1 heterocycles. The number of sulfonamides is 1. The summed E-state index contributed by atoms with van der Waals surface area (Å²) in [7, 11) is -3.25. The first-order chi connectivity index (χ1) is 5.58. The van der Waals surface area contributed by atoms with Crippen molar-refractivity contribution in [3.8, 4) is 0 Å². The van der Waals surface area contributed by atoms with Crippen molar-refractivity contribution in [2.75, 3.05) is 18.8 Å². The Morgan fingerprint density at radius 1 is 1.50 bits per heavy atom. The van der Waals surface area contributed by atoms with Crippen molar-refractivity contribution < 1.29 is 8.42 Å². The van der Waals surface area contributed by atoms with Crippen LogP contribution in [0.3, 0.4) is 0 Å². The average Bonchev–Trinajstić information content (AvgIpc) is 2.02. The number of piperidine rings is 1. The van der Waals surface area contributed by atoms with Crippen LogP contribution < -0.4 is 10.5 Å². The average molecular weight is 192 g/mol. The highest BCUT2D eigenvalue weighted by Crippen LogP contribution is 2.13. The van der Waals surface area contributed by atoms with Crippen LogP contribution in [0.2, 0.25) is 0 Å². The summed E-state index contributed by atoms with van der Waals surface area (Å²) in [5.74, 6) is 0.622. The molecule has 1 aliphatic heterocycles. The van der Waals surface area contributed by atoms with E-state index < -0.39 is 10.0 Å². The molecule has 0 saturated carbocycles. The third-order valence-corrected chi connectivity index (χ3v) is 3.01. The summed E-state index contributed by atoms with van der Waals surface area (Å²) >= 11 is 0. The molecular formula is C7H16N2O2S. The van der Waals surface area contributed by atoms with E-state index in [1.807, 2.05) is 0 Å². The normalized spacial score (nSPS) is 25.6. The second kappa shape index (κ2) is 4.20. The molecular weight excluding hydrogens is 176 g/mol. The lowest BCUT2D eigenvalue weighted by Gasteiger charge is -2.21. The smallest absolute Gasteiger partial charge is 0.209 e. The number of primary sulfonamides is 1. The van der Waals surface area contributed by atoms with Crippen LogP contribution in [0, 0.1) is 5.92 Å². The molecule has 0 bridgehead atoms. The van der Waals surface area contributed by atoms with Crippen molar-refractivity contribution in [1.29, 1.82) is 0 Å². The molecule has 1 fully saturated rings. The van der Waals surface area contributed by atoms with Gasteiger partial charge >= 0.3 is 0 Å². The van der Waals surface area contributed by atoms with Crippen molar-refractivity contribution >= 4 is 10.0 Å². The Balaban J connectivity index is 2.22. The Morgan fingerprint density at radius 3 is 2.75 bits per heavy atom. The van der Waals surface area contributed by atoms with Crippen molar-refractivity contribution in [1.82, 2.24) is 5.32 Å². The van der Waals surface area contributed by atoms with E-state index in [1.54, 1.807) is 0 Å². The third kappa shape index (κ3) is 4.04. The van der Waals surface area contributed by atoms with Gasteiger partial charge in [-0.05, 0) is 38.3 Å². The predicted molar refractivity (Wildman–Crippen MR) is 48.2 cm³/mol. The zero-order valence-electron chi connectivity index (χ0n) is 7.12. The molecule has 12 heavy (non-hydrogen) atoms. The monoisotopic (exact) mass is 192 g/mol. The Morgan fingerprint density at radius 2 is 2.25 bits per heavy atom. The summed E-state index contributed by atoms with van der Waals surface area (Å²) in [4.78, 5) is 0. The van der Waals surface area contributed by atoms with Crippen LogP contribution >= 0.6 is 0 Å². The van der Waals surface area contributed by atoms with Gasteiger partial charge in [-0.1, -0.05) is 0 Å². The quantitative estimate of drug-likeness (QED) is 0.643. The third-order valence-electron chi connectivity index (χ3n) is 2.21. The number of rotatable bonds is 3. The molecule has 0 radical (unpaired) electrons. The maximum atomic E-state index is 10.6. The molecule has 0 aromatic carbocycles. The number of nitrogens with one attached hydrogen (secondary N) is 1. The molecule has 72 valence electrons. The standard InChI is InChI=1S/C7H16N2O2S/c8-12(10,11)5-3-7-2-1-4-9-6-7/h7,9H,1-6H2,(H2,8,10,11)/t7-/m0/s1. The lowest BCUT2D eigenvalue weighted by atomic mass is 9.97. The van der Waals surface area contributed by atoms with E-state index >= 15 is 0 Å². The van der Waals surface area contributed by atoms with Crippen molar-refractivity contribution in [3.05, 3.63) is 0 Å². The van der Waals surface area contributed by atoms with E-state index in [0.29, 0.717) is 12.3 Å². The highest BCUT2D eigenvalue weighted by atomic mass is 32.2. The first-order valence-electron chi connectivity index (χ1n) is 4.29. The van der Waals surface area contributed by atoms with Crippen LogP contribution in [-0.4, -0.2) is 27.3 Å². The lowest BCUT2D eigenvalue weighted by molar-refractivity contribution is 0.369. The second-order valence-electron chi connectivity index (χ2n) is 3.37. The molecule has 0 amide bonds. The summed E-state index contributed by atoms with van der Waals surface area (Å²) in [6.45, 7) is 2.00. The van der Waals surface area contributed by atoms with Crippen LogP contribution in [0.5, 0.6) is 0 Å². The van der Waals surface area contributed by atoms with E-state index in [1.165, 1.54) is 0 Å². The molecule has 0 aromatic rings. The van der Waals surface area contributed by atoms with Crippen LogP contribution in [-0.2, 0) is 10.0 Å². The Kier molecular flexibility index (Phi) is 3.49. The number of hydrogen-bond donors (Lipinski definition) is 2. The van der Waals surface area contributed by atoms with E-state index in [0.717, 1.165) is 25.9 Å². The van der Waals surface area contributed by atoms with Gasteiger partial charge in [-0.15, -0.1) is 0 Å². The van der Waals surface area contributed by atoms with Crippen LogP contribution in [0.25, 0.3) is 0 Å². The van der Waals surface area contributed by atoms with Gasteiger partial charge in [0.25, 0.3) is 0 Å². The molecule has 1 saturated heterocycles. The molecule has 1 atom stereocenters. The van der Waals surface area contributed by atoms with Crippen molar-refractivity contribution in [2.24, 2.45) is 11.1 Å². The van der Waals surface area contributed by atoms with E-state index in [-0.39, 0.29) is 5.75 Å². The van der Waals surface area contributed by atoms with Gasteiger partial charge in [-0.2, -0.15) is 0 Å². The largest absolute Gasteiger partial charge is 0.316 e. The zero-order chi connectivity index (χ0) is 9.03. The lowest BCUT2D eigenvalue weighted by Crippen LogP contribution is -2.31. The van der Waals surface area contributed by atoms with Gasteiger partial charge in [0.15, 0.2) is 0 Å². The van der Waals surface area contributed by atoms with Crippen LogP contribution in [0.15, 0.2) is 0 Å². The van der Waals surface area contributed by atoms with Gasteiger partial charge in [0.1, 0.15) is 0 Å². The van der Waals surface area contributed by atoms with E-state index in [4.69, 9.17) is 5.14 Å². The molecule has 1 aliphatic rings. The number of nitrogens with two attached hydrogens (primary N) is 1. The van der Waals surface area contributed by atoms with E-state index in [2.05, 4.69) is 5.32 Å². The molecule has 0 aliphatic carbocycles. The van der Waals surface area contributed by atoms with E-state index in [9.17, 15) is 8.42 Å². The van der Waals surface area contributed by atoms with Gasteiger partial charge in [-0.25, -0.2) is 13.6 Å². The maximum absolute atomic E-state index is 10.6. The minimum absolute atomic E-state index is 0.124. The molecule has 0 unspecified atom stereocenters. The summed E-state index contributed by atoms with van der Waals surface area (Å²) in [6, 6.07) is 0. The van der Waals surface area contributed by atoms with Gasteiger partial charge < -0.3 is 5.32 Å². The SMILES string of the molecule is NS(=O)(=O)CC[C@@H]1CCCNC1. The summed E-state index contributed by atoms with van der Waals surface area (Å²) in [6.07, 6.45) is 2.98. The molecule has 3 N–H and O–H groups in total.